The van der Waals surface area contributed by atoms with Crippen molar-refractivity contribution < 1.29 is 9.59 Å². The summed E-state index contributed by atoms with van der Waals surface area (Å²) in [5, 5.41) is 8.61. The zero-order valence-corrected chi connectivity index (χ0v) is 11.1. The standard InChI is InChI=1S/C11H21N3O2.ClH/c1-12-10(15)6-8-14-11(16)5-4-9-3-2-7-13-9;/h9,13H,2-8H2,1H3,(H,12,15)(H,14,16);1H. The van der Waals surface area contributed by atoms with E-state index >= 15 is 0 Å². The molecule has 0 bridgehead atoms. The molecule has 1 unspecified atom stereocenters. The van der Waals surface area contributed by atoms with Gasteiger partial charge in [0, 0.05) is 32.5 Å². The molecule has 5 nitrogen and oxygen atoms in total. The van der Waals surface area contributed by atoms with Gasteiger partial charge in [-0.3, -0.25) is 9.59 Å². The number of hydrogen-bond acceptors (Lipinski definition) is 3. The Kier molecular flexibility index (Phi) is 8.80. The number of nitrogens with one attached hydrogen (secondary N) is 3. The van der Waals surface area contributed by atoms with Crippen LogP contribution in [0.3, 0.4) is 0 Å². The Morgan fingerprint density at radius 3 is 2.65 bits per heavy atom. The van der Waals surface area contributed by atoms with Crippen LogP contribution in [0, 0.1) is 0 Å². The Morgan fingerprint density at radius 1 is 1.29 bits per heavy atom. The van der Waals surface area contributed by atoms with Crippen molar-refractivity contribution in [1.82, 2.24) is 16.0 Å². The molecule has 1 saturated heterocycles. The van der Waals surface area contributed by atoms with Crippen molar-refractivity contribution in [2.45, 2.75) is 38.1 Å². The van der Waals surface area contributed by atoms with E-state index in [1.54, 1.807) is 7.05 Å². The van der Waals surface area contributed by atoms with Gasteiger partial charge in [0.15, 0.2) is 0 Å². The van der Waals surface area contributed by atoms with Gasteiger partial charge in [0.1, 0.15) is 0 Å². The minimum absolute atomic E-state index is 0. The van der Waals surface area contributed by atoms with Gasteiger partial charge in [0.05, 0.1) is 0 Å². The van der Waals surface area contributed by atoms with Crippen molar-refractivity contribution in [1.29, 1.82) is 0 Å². The van der Waals surface area contributed by atoms with E-state index in [9.17, 15) is 9.59 Å². The van der Waals surface area contributed by atoms with Gasteiger partial charge < -0.3 is 16.0 Å². The fraction of sp³-hybridized carbons (Fsp3) is 0.818. The van der Waals surface area contributed by atoms with Crippen LogP contribution in [0.2, 0.25) is 0 Å². The number of rotatable bonds is 6. The fourth-order valence-corrected chi connectivity index (χ4v) is 1.84. The van der Waals surface area contributed by atoms with Crippen molar-refractivity contribution in [3.05, 3.63) is 0 Å². The molecule has 1 fully saturated rings. The summed E-state index contributed by atoms with van der Waals surface area (Å²) in [6.45, 7) is 1.50. The maximum atomic E-state index is 11.4. The van der Waals surface area contributed by atoms with Crippen molar-refractivity contribution in [2.24, 2.45) is 0 Å². The van der Waals surface area contributed by atoms with Crippen molar-refractivity contribution in [3.63, 3.8) is 0 Å². The maximum absolute atomic E-state index is 11.4. The second kappa shape index (κ2) is 9.24. The number of halogens is 1. The van der Waals surface area contributed by atoms with Crippen LogP contribution in [0.1, 0.15) is 32.1 Å². The average molecular weight is 264 g/mol. The van der Waals surface area contributed by atoms with Gasteiger partial charge in [-0.2, -0.15) is 0 Å². The molecular weight excluding hydrogens is 242 g/mol. The lowest BCUT2D eigenvalue weighted by atomic mass is 10.1. The summed E-state index contributed by atoms with van der Waals surface area (Å²) >= 11 is 0. The van der Waals surface area contributed by atoms with Gasteiger partial charge in [0.2, 0.25) is 11.8 Å². The third kappa shape index (κ3) is 7.18. The lowest BCUT2D eigenvalue weighted by Crippen LogP contribution is -2.30. The molecule has 1 aliphatic rings. The molecule has 3 N–H and O–H groups in total. The van der Waals surface area contributed by atoms with Crippen molar-refractivity contribution >= 4 is 24.2 Å². The van der Waals surface area contributed by atoms with Crippen LogP contribution in [0.25, 0.3) is 0 Å². The largest absolute Gasteiger partial charge is 0.359 e. The van der Waals surface area contributed by atoms with Crippen LogP contribution < -0.4 is 16.0 Å². The number of hydrogen-bond donors (Lipinski definition) is 3. The van der Waals surface area contributed by atoms with Gasteiger partial charge in [-0.25, -0.2) is 0 Å². The van der Waals surface area contributed by atoms with Gasteiger partial charge in [-0.1, -0.05) is 0 Å². The van der Waals surface area contributed by atoms with Gasteiger partial charge in [-0.15, -0.1) is 12.4 Å². The Morgan fingerprint density at radius 2 is 2.06 bits per heavy atom. The molecule has 17 heavy (non-hydrogen) atoms. The molecule has 100 valence electrons. The van der Waals surface area contributed by atoms with E-state index in [1.165, 1.54) is 12.8 Å². The molecule has 1 aliphatic heterocycles. The molecular formula is C11H22ClN3O2. The van der Waals surface area contributed by atoms with Crippen LogP contribution in [-0.2, 0) is 9.59 Å². The van der Waals surface area contributed by atoms with Crippen LogP contribution in [0.5, 0.6) is 0 Å². The normalized spacial score (nSPS) is 18.3. The molecule has 0 radical (unpaired) electrons. The van der Waals surface area contributed by atoms with Gasteiger partial charge >= 0.3 is 0 Å². The highest BCUT2D eigenvalue weighted by molar-refractivity contribution is 5.85. The maximum Gasteiger partial charge on any atom is 0.221 e. The van der Waals surface area contributed by atoms with E-state index in [1.807, 2.05) is 0 Å². The molecule has 1 atom stereocenters. The fourth-order valence-electron chi connectivity index (χ4n) is 1.84. The molecule has 6 heteroatoms. The van der Waals surface area contributed by atoms with Crippen LogP contribution >= 0.6 is 12.4 Å². The molecule has 0 aromatic rings. The van der Waals surface area contributed by atoms with Gasteiger partial charge in [-0.05, 0) is 25.8 Å². The summed E-state index contributed by atoms with van der Waals surface area (Å²) in [6, 6.07) is 0.504. The predicted molar refractivity (Wildman–Crippen MR) is 69.2 cm³/mol. The smallest absolute Gasteiger partial charge is 0.221 e. The zero-order valence-electron chi connectivity index (χ0n) is 10.3. The zero-order chi connectivity index (χ0) is 11.8. The average Bonchev–Trinajstić information content (AvgIpc) is 2.79. The van der Waals surface area contributed by atoms with Crippen LogP contribution in [0.4, 0.5) is 0 Å². The summed E-state index contributed by atoms with van der Waals surface area (Å²) in [5.74, 6) is -0.00429. The summed E-state index contributed by atoms with van der Waals surface area (Å²) in [4.78, 5) is 22.3. The first kappa shape index (κ1) is 16.2. The predicted octanol–water partition coefficient (Wildman–Crippen LogP) is 0.193. The number of carbonyl (C=O) groups excluding carboxylic acids is 2. The Hall–Kier alpha value is -0.810. The molecule has 1 heterocycles. The summed E-state index contributed by atoms with van der Waals surface area (Å²) < 4.78 is 0. The highest BCUT2D eigenvalue weighted by atomic mass is 35.5. The lowest BCUT2D eigenvalue weighted by Gasteiger charge is -2.09. The third-order valence-corrected chi connectivity index (χ3v) is 2.84. The third-order valence-electron chi connectivity index (χ3n) is 2.84. The SMILES string of the molecule is CNC(=O)CCNC(=O)CCC1CCCN1.Cl. The Labute approximate surface area is 109 Å². The molecule has 0 aromatic heterocycles. The molecule has 1 rings (SSSR count). The second-order valence-corrected chi connectivity index (χ2v) is 4.11. The van der Waals surface area contributed by atoms with E-state index in [0.717, 1.165) is 13.0 Å². The molecule has 0 aliphatic carbocycles. The Balaban J connectivity index is 0.00000256. The second-order valence-electron chi connectivity index (χ2n) is 4.11. The first-order valence-corrected chi connectivity index (χ1v) is 5.93. The van der Waals surface area contributed by atoms with Crippen molar-refractivity contribution in [2.75, 3.05) is 20.1 Å². The van der Waals surface area contributed by atoms with Crippen molar-refractivity contribution in [3.8, 4) is 0 Å². The van der Waals surface area contributed by atoms with E-state index in [-0.39, 0.29) is 24.2 Å². The molecule has 0 aromatic carbocycles. The van der Waals surface area contributed by atoms with E-state index in [4.69, 9.17) is 0 Å². The monoisotopic (exact) mass is 263 g/mol. The highest BCUT2D eigenvalue weighted by Crippen LogP contribution is 2.10. The first-order chi connectivity index (χ1) is 7.72. The van der Waals surface area contributed by atoms with Gasteiger partial charge in [0.25, 0.3) is 0 Å². The van der Waals surface area contributed by atoms with E-state index in [2.05, 4.69) is 16.0 Å². The van der Waals surface area contributed by atoms with Crippen LogP contribution in [0.15, 0.2) is 0 Å². The van der Waals surface area contributed by atoms with E-state index in [0.29, 0.717) is 25.4 Å². The highest BCUT2D eigenvalue weighted by Gasteiger charge is 2.14. The summed E-state index contributed by atoms with van der Waals surface area (Å²) in [6.07, 6.45) is 4.18. The molecule has 2 amide bonds. The minimum atomic E-state index is -0.0437. The van der Waals surface area contributed by atoms with E-state index < -0.39 is 0 Å². The summed E-state index contributed by atoms with van der Waals surface area (Å²) in [7, 11) is 1.59. The lowest BCUT2D eigenvalue weighted by molar-refractivity contribution is -0.122. The number of amides is 2. The summed E-state index contributed by atoms with van der Waals surface area (Å²) in [5.41, 5.74) is 0. The van der Waals surface area contributed by atoms with Crippen LogP contribution in [-0.4, -0.2) is 38.0 Å². The Bertz CT molecular complexity index is 243. The molecule has 0 spiro atoms. The molecule has 0 saturated carbocycles. The quantitative estimate of drug-likeness (QED) is 0.641. The first-order valence-electron chi connectivity index (χ1n) is 5.93. The minimum Gasteiger partial charge on any atom is -0.359 e. The number of carbonyl (C=O) groups is 2. The topological polar surface area (TPSA) is 70.2 Å².